The molecular formula is C15H29Cl2N3S. The molecule has 1 aromatic heterocycles. The van der Waals surface area contributed by atoms with E-state index in [1.54, 1.807) is 0 Å². The largest absolute Gasteiger partial charge is 0.319 e. The van der Waals surface area contributed by atoms with Gasteiger partial charge in [-0.2, -0.15) is 0 Å². The number of aromatic nitrogens is 1. The van der Waals surface area contributed by atoms with Crippen LogP contribution in [0.3, 0.4) is 0 Å². The van der Waals surface area contributed by atoms with Crippen LogP contribution in [-0.2, 0) is 12.0 Å². The molecule has 0 aromatic carbocycles. The summed E-state index contributed by atoms with van der Waals surface area (Å²) in [5.41, 5.74) is 1.40. The highest BCUT2D eigenvalue weighted by Crippen LogP contribution is 2.25. The van der Waals surface area contributed by atoms with Crippen LogP contribution >= 0.6 is 36.2 Å². The predicted octanol–water partition coefficient (Wildman–Crippen LogP) is 3.72. The Hall–Kier alpha value is 0.130. The molecule has 0 saturated carbocycles. The number of rotatable bonds is 4. The molecule has 124 valence electrons. The van der Waals surface area contributed by atoms with Crippen LogP contribution in [0.4, 0.5) is 0 Å². The predicted molar refractivity (Wildman–Crippen MR) is 97.2 cm³/mol. The average molecular weight is 354 g/mol. The minimum atomic E-state index is 0. The number of likely N-dealkylation sites (tertiary alicyclic amines) is 1. The van der Waals surface area contributed by atoms with Crippen molar-refractivity contribution >= 4 is 36.2 Å². The molecule has 1 aliphatic heterocycles. The van der Waals surface area contributed by atoms with E-state index in [1.165, 1.54) is 36.6 Å². The number of halogens is 2. The van der Waals surface area contributed by atoms with Crippen LogP contribution in [0.5, 0.6) is 0 Å². The second kappa shape index (κ2) is 9.31. The van der Waals surface area contributed by atoms with Crippen LogP contribution in [-0.4, -0.2) is 36.6 Å². The van der Waals surface area contributed by atoms with E-state index in [9.17, 15) is 0 Å². The van der Waals surface area contributed by atoms with Gasteiger partial charge in [0, 0.05) is 17.3 Å². The lowest BCUT2D eigenvalue weighted by molar-refractivity contribution is 0.166. The molecule has 1 aromatic rings. The van der Waals surface area contributed by atoms with Crippen molar-refractivity contribution in [2.75, 3.05) is 26.7 Å². The third-order valence-corrected chi connectivity index (χ3v) is 4.61. The first-order valence-corrected chi connectivity index (χ1v) is 8.19. The summed E-state index contributed by atoms with van der Waals surface area (Å²) in [5, 5.41) is 6.81. The number of hydrogen-bond acceptors (Lipinski definition) is 4. The lowest BCUT2D eigenvalue weighted by Crippen LogP contribution is -2.38. The highest BCUT2D eigenvalue weighted by Gasteiger charge is 2.22. The van der Waals surface area contributed by atoms with Gasteiger partial charge in [0.05, 0.1) is 12.2 Å². The number of piperidine rings is 1. The molecule has 2 rings (SSSR count). The van der Waals surface area contributed by atoms with Gasteiger partial charge in [-0.1, -0.05) is 20.8 Å². The van der Waals surface area contributed by atoms with Crippen LogP contribution in [0.2, 0.25) is 0 Å². The molecular weight excluding hydrogens is 325 g/mol. The molecule has 0 radical (unpaired) electrons. The van der Waals surface area contributed by atoms with E-state index in [4.69, 9.17) is 4.98 Å². The molecule has 6 heteroatoms. The summed E-state index contributed by atoms with van der Waals surface area (Å²) in [6.07, 6.45) is 2.69. The second-order valence-electron chi connectivity index (χ2n) is 6.68. The van der Waals surface area contributed by atoms with Gasteiger partial charge in [-0.15, -0.1) is 36.2 Å². The van der Waals surface area contributed by atoms with Crippen LogP contribution in [0, 0.1) is 5.92 Å². The summed E-state index contributed by atoms with van der Waals surface area (Å²) in [6, 6.07) is 0. The van der Waals surface area contributed by atoms with Crippen molar-refractivity contribution in [1.82, 2.24) is 15.2 Å². The zero-order valence-electron chi connectivity index (χ0n) is 13.5. The van der Waals surface area contributed by atoms with Gasteiger partial charge in [-0.25, -0.2) is 4.98 Å². The fraction of sp³-hybridized carbons (Fsp3) is 0.800. The van der Waals surface area contributed by atoms with Crippen molar-refractivity contribution in [1.29, 1.82) is 0 Å². The highest BCUT2D eigenvalue weighted by atomic mass is 35.5. The Bertz CT molecular complexity index is 402. The highest BCUT2D eigenvalue weighted by molar-refractivity contribution is 7.09. The van der Waals surface area contributed by atoms with Gasteiger partial charge in [0.15, 0.2) is 0 Å². The lowest BCUT2D eigenvalue weighted by atomic mass is 9.93. The Balaban J connectivity index is 0.00000200. The van der Waals surface area contributed by atoms with E-state index >= 15 is 0 Å². The van der Waals surface area contributed by atoms with Gasteiger partial charge in [-0.3, -0.25) is 4.90 Å². The molecule has 1 N–H and O–H groups in total. The van der Waals surface area contributed by atoms with E-state index in [2.05, 4.69) is 43.4 Å². The summed E-state index contributed by atoms with van der Waals surface area (Å²) in [7, 11) is 2.05. The lowest BCUT2D eigenvalue weighted by Gasteiger charge is -2.32. The van der Waals surface area contributed by atoms with E-state index in [1.807, 2.05) is 11.3 Å². The molecule has 0 aliphatic carbocycles. The van der Waals surface area contributed by atoms with E-state index in [-0.39, 0.29) is 30.2 Å². The van der Waals surface area contributed by atoms with Crippen molar-refractivity contribution in [2.24, 2.45) is 5.92 Å². The fourth-order valence-corrected chi connectivity index (χ4v) is 3.73. The van der Waals surface area contributed by atoms with Crippen LogP contribution in [0.25, 0.3) is 0 Å². The standard InChI is InChI=1S/C15H27N3S.2ClH/c1-15(2,3)13-11-19-14(17-13)10-18-7-5-6-12(9-18)8-16-4;;/h11-12,16H,5-10H2,1-4H3;2*1H. The minimum Gasteiger partial charge on any atom is -0.319 e. The molecule has 1 aliphatic rings. The third-order valence-electron chi connectivity index (χ3n) is 3.77. The molecule has 1 fully saturated rings. The second-order valence-corrected chi connectivity index (χ2v) is 7.62. The van der Waals surface area contributed by atoms with Gasteiger partial charge in [0.1, 0.15) is 5.01 Å². The monoisotopic (exact) mass is 353 g/mol. The normalized spacial score (nSPS) is 19.7. The Kier molecular flexibility index (Phi) is 9.37. The van der Waals surface area contributed by atoms with E-state index in [0.29, 0.717) is 0 Å². The molecule has 1 atom stereocenters. The number of nitrogens with one attached hydrogen (secondary N) is 1. The van der Waals surface area contributed by atoms with Crippen LogP contribution in [0.1, 0.15) is 44.3 Å². The minimum absolute atomic E-state index is 0. The zero-order valence-corrected chi connectivity index (χ0v) is 16.0. The summed E-state index contributed by atoms with van der Waals surface area (Å²) in [5.74, 6) is 0.806. The molecule has 2 heterocycles. The number of nitrogens with zero attached hydrogens (tertiary/aromatic N) is 2. The Morgan fingerprint density at radius 1 is 1.38 bits per heavy atom. The Morgan fingerprint density at radius 3 is 2.67 bits per heavy atom. The molecule has 0 amide bonds. The first-order valence-electron chi connectivity index (χ1n) is 7.31. The summed E-state index contributed by atoms with van der Waals surface area (Å²) in [6.45, 7) is 11.3. The topological polar surface area (TPSA) is 28.2 Å². The van der Waals surface area contributed by atoms with Crippen molar-refractivity contribution < 1.29 is 0 Å². The smallest absolute Gasteiger partial charge is 0.107 e. The molecule has 3 nitrogen and oxygen atoms in total. The Labute approximate surface area is 145 Å². The van der Waals surface area contributed by atoms with Crippen LogP contribution in [0.15, 0.2) is 5.38 Å². The molecule has 0 spiro atoms. The summed E-state index contributed by atoms with van der Waals surface area (Å²) < 4.78 is 0. The van der Waals surface area contributed by atoms with Gasteiger partial charge >= 0.3 is 0 Å². The molecule has 21 heavy (non-hydrogen) atoms. The number of hydrogen-bond donors (Lipinski definition) is 1. The Morgan fingerprint density at radius 2 is 2.10 bits per heavy atom. The van der Waals surface area contributed by atoms with E-state index in [0.717, 1.165) is 19.0 Å². The van der Waals surface area contributed by atoms with Gasteiger partial charge in [-0.05, 0) is 38.9 Å². The summed E-state index contributed by atoms with van der Waals surface area (Å²) in [4.78, 5) is 7.37. The SMILES string of the molecule is CNCC1CCCN(Cc2nc(C(C)(C)C)cs2)C1.Cl.Cl. The van der Waals surface area contributed by atoms with E-state index < -0.39 is 0 Å². The third kappa shape index (κ3) is 6.41. The molecule has 1 saturated heterocycles. The van der Waals surface area contributed by atoms with Crippen molar-refractivity contribution in [3.05, 3.63) is 16.1 Å². The van der Waals surface area contributed by atoms with Gasteiger partial charge in [0.25, 0.3) is 0 Å². The maximum absolute atomic E-state index is 4.81. The first-order chi connectivity index (χ1) is 8.99. The fourth-order valence-electron chi connectivity index (χ4n) is 2.67. The first kappa shape index (κ1) is 21.1. The molecule has 1 unspecified atom stereocenters. The van der Waals surface area contributed by atoms with Crippen molar-refractivity contribution in [3.8, 4) is 0 Å². The number of thiazole rings is 1. The maximum Gasteiger partial charge on any atom is 0.107 e. The van der Waals surface area contributed by atoms with Gasteiger partial charge in [0.2, 0.25) is 0 Å². The zero-order chi connectivity index (χ0) is 13.9. The van der Waals surface area contributed by atoms with Crippen molar-refractivity contribution in [2.45, 2.75) is 45.6 Å². The maximum atomic E-state index is 4.81. The van der Waals surface area contributed by atoms with Crippen molar-refractivity contribution in [3.63, 3.8) is 0 Å². The quantitative estimate of drug-likeness (QED) is 0.893. The average Bonchev–Trinajstić information content (AvgIpc) is 2.78. The molecule has 0 bridgehead atoms. The van der Waals surface area contributed by atoms with Gasteiger partial charge < -0.3 is 5.32 Å². The summed E-state index contributed by atoms with van der Waals surface area (Å²) >= 11 is 1.82. The van der Waals surface area contributed by atoms with Crippen LogP contribution < -0.4 is 5.32 Å².